The minimum Gasteiger partial charge on any atom is -0.399 e. The summed E-state index contributed by atoms with van der Waals surface area (Å²) in [6.07, 6.45) is 3.00. The number of hydrogen-bond acceptors (Lipinski definition) is 5. The number of pyridine rings is 1. The minimum atomic E-state index is -0.717. The summed E-state index contributed by atoms with van der Waals surface area (Å²) < 4.78 is 0. The Morgan fingerprint density at radius 1 is 1.19 bits per heavy atom. The van der Waals surface area contributed by atoms with Gasteiger partial charge in [0.1, 0.15) is 0 Å². The van der Waals surface area contributed by atoms with Crippen molar-refractivity contribution >= 4 is 28.8 Å². The molecule has 0 bridgehead atoms. The number of carbonyl (C=O) groups is 2. The topological polar surface area (TPSA) is 109 Å². The number of hydrogen-bond donors (Lipinski definition) is 3. The Labute approximate surface area is 125 Å². The Morgan fingerprint density at radius 3 is 2.29 bits per heavy atom. The van der Waals surface area contributed by atoms with Gasteiger partial charge in [0.05, 0.1) is 11.9 Å². The summed E-state index contributed by atoms with van der Waals surface area (Å²) in [5, 5.41) is 9.49. The van der Waals surface area contributed by atoms with Gasteiger partial charge in [-0.05, 0) is 24.3 Å². The van der Waals surface area contributed by atoms with E-state index in [9.17, 15) is 9.59 Å². The van der Waals surface area contributed by atoms with Crippen LogP contribution in [0, 0.1) is 5.41 Å². The van der Waals surface area contributed by atoms with Crippen LogP contribution in [0.1, 0.15) is 9.78 Å². The van der Waals surface area contributed by atoms with Gasteiger partial charge in [0, 0.05) is 21.7 Å². The Kier molecular flexibility index (Phi) is 6.27. The molecule has 2 aromatic rings. The summed E-state index contributed by atoms with van der Waals surface area (Å²) in [5.41, 5.74) is 6.08. The highest BCUT2D eigenvalue weighted by Gasteiger charge is 2.13. The number of Topliss-reactive ketones (excluding diaryl/α,β-unsaturated/α-hetero) is 1. The molecular weight excluding hydrogens is 268 g/mol. The van der Waals surface area contributed by atoms with Crippen molar-refractivity contribution in [3.8, 4) is 0 Å². The first-order valence-corrected chi connectivity index (χ1v) is 6.12. The van der Waals surface area contributed by atoms with Gasteiger partial charge in [-0.1, -0.05) is 18.2 Å². The molecule has 112 valence electrons. The van der Waals surface area contributed by atoms with E-state index >= 15 is 0 Å². The third-order valence-corrected chi connectivity index (χ3v) is 2.30. The molecule has 6 heteroatoms. The predicted molar refractivity (Wildman–Crippen MR) is 86.4 cm³/mol. The lowest BCUT2D eigenvalue weighted by Crippen LogP contribution is -2.27. The number of nitrogens with one attached hydrogen (secondary N) is 2. The quantitative estimate of drug-likeness (QED) is 0.457. The highest BCUT2D eigenvalue weighted by molar-refractivity contribution is 6.66. The second-order valence-corrected chi connectivity index (χ2v) is 4.04. The van der Waals surface area contributed by atoms with Gasteiger partial charge in [-0.25, -0.2) is 0 Å². The monoisotopic (exact) mass is 288 g/mol. The number of benzene rings is 1. The van der Waals surface area contributed by atoms with Gasteiger partial charge in [-0.2, -0.15) is 0 Å². The van der Waals surface area contributed by atoms with Gasteiger partial charge in [-0.3, -0.25) is 20.0 Å². The Balaban J connectivity index is 0. The van der Waals surface area contributed by atoms with Crippen molar-refractivity contribution in [3.63, 3.8) is 0 Å². The van der Waals surface area contributed by atoms with E-state index in [0.717, 1.165) is 5.69 Å². The first-order chi connectivity index (χ1) is 10.0. The molecule has 0 aliphatic rings. The van der Waals surface area contributed by atoms with E-state index in [4.69, 9.17) is 11.1 Å². The van der Waals surface area contributed by atoms with Gasteiger partial charge in [0.2, 0.25) is 0 Å². The Hall–Kier alpha value is -3.02. The van der Waals surface area contributed by atoms with Crippen molar-refractivity contribution < 1.29 is 12.4 Å². The van der Waals surface area contributed by atoms with Crippen LogP contribution in [0.5, 0.6) is 0 Å². The fourth-order valence-corrected chi connectivity index (χ4v) is 1.24. The number of nitrogen functional groups attached to an aromatic ring is 1. The van der Waals surface area contributed by atoms with Gasteiger partial charge < -0.3 is 11.1 Å². The van der Waals surface area contributed by atoms with E-state index in [1.165, 1.54) is 13.1 Å². The SMILES string of the molecule is CC(=O)C(=N)C(=O)Nc1cccnc1.Nc1ccccc1.[HH].[HH]. The van der Waals surface area contributed by atoms with Gasteiger partial charge in [-0.15, -0.1) is 0 Å². The van der Waals surface area contributed by atoms with Crippen molar-refractivity contribution in [2.45, 2.75) is 6.92 Å². The van der Waals surface area contributed by atoms with Crippen molar-refractivity contribution in [3.05, 3.63) is 54.9 Å². The van der Waals surface area contributed by atoms with Crippen LogP contribution in [0.4, 0.5) is 11.4 Å². The fraction of sp³-hybridized carbons (Fsp3) is 0.0667. The molecule has 4 N–H and O–H groups in total. The molecule has 1 amide bonds. The third-order valence-electron chi connectivity index (χ3n) is 2.30. The van der Waals surface area contributed by atoms with E-state index in [0.29, 0.717) is 5.69 Å². The van der Waals surface area contributed by atoms with E-state index in [2.05, 4.69) is 10.3 Å². The molecule has 1 heterocycles. The van der Waals surface area contributed by atoms with Crippen molar-refractivity contribution in [1.29, 1.82) is 5.41 Å². The second-order valence-electron chi connectivity index (χ2n) is 4.04. The van der Waals surface area contributed by atoms with Crippen LogP contribution < -0.4 is 11.1 Å². The highest BCUT2D eigenvalue weighted by Crippen LogP contribution is 2.02. The first kappa shape index (κ1) is 16.0. The normalized spacial score (nSPS) is 9.00. The maximum Gasteiger partial charge on any atom is 0.277 e. The maximum absolute atomic E-state index is 11.2. The molecule has 1 aromatic carbocycles. The number of carbonyl (C=O) groups excluding carboxylic acids is 2. The molecule has 0 unspecified atom stereocenters. The lowest BCUT2D eigenvalue weighted by Gasteiger charge is -2.02. The lowest BCUT2D eigenvalue weighted by molar-refractivity contribution is -0.114. The number of anilines is 2. The number of amides is 1. The molecule has 0 atom stereocenters. The minimum absolute atomic E-state index is 0. The lowest BCUT2D eigenvalue weighted by atomic mass is 10.2. The summed E-state index contributed by atoms with van der Waals surface area (Å²) >= 11 is 0. The Bertz CT molecular complexity index is 622. The molecule has 1 aromatic heterocycles. The molecule has 21 heavy (non-hydrogen) atoms. The van der Waals surface area contributed by atoms with E-state index in [-0.39, 0.29) is 2.85 Å². The molecule has 0 saturated carbocycles. The molecule has 0 radical (unpaired) electrons. The maximum atomic E-state index is 11.2. The highest BCUT2D eigenvalue weighted by atomic mass is 16.2. The summed E-state index contributed by atoms with van der Waals surface area (Å²) in [6, 6.07) is 12.8. The molecule has 0 fully saturated rings. The van der Waals surface area contributed by atoms with Gasteiger partial charge in [0.25, 0.3) is 5.91 Å². The van der Waals surface area contributed by atoms with Crippen LogP contribution in [-0.2, 0) is 9.59 Å². The average Bonchev–Trinajstić information content (AvgIpc) is 2.48. The number of rotatable bonds is 3. The first-order valence-electron chi connectivity index (χ1n) is 6.12. The van der Waals surface area contributed by atoms with Crippen LogP contribution in [0.3, 0.4) is 0 Å². The number of ketones is 1. The van der Waals surface area contributed by atoms with E-state index in [1.807, 2.05) is 30.3 Å². The number of nitrogens with zero attached hydrogens (tertiary/aromatic N) is 1. The molecule has 0 saturated heterocycles. The zero-order chi connectivity index (χ0) is 15.7. The van der Waals surface area contributed by atoms with Crippen LogP contribution in [0.25, 0.3) is 0 Å². The van der Waals surface area contributed by atoms with Crippen LogP contribution in [-0.4, -0.2) is 22.4 Å². The fourth-order valence-electron chi connectivity index (χ4n) is 1.24. The number of para-hydroxylation sites is 1. The van der Waals surface area contributed by atoms with Gasteiger partial charge in [0.15, 0.2) is 11.5 Å². The summed E-state index contributed by atoms with van der Waals surface area (Å²) in [7, 11) is 0. The number of nitrogens with two attached hydrogens (primary N) is 1. The second kappa shape index (κ2) is 8.21. The number of aromatic nitrogens is 1. The predicted octanol–water partition coefficient (Wildman–Crippen LogP) is 2.39. The largest absolute Gasteiger partial charge is 0.399 e. The van der Waals surface area contributed by atoms with Crippen LogP contribution >= 0.6 is 0 Å². The molecule has 0 spiro atoms. The molecule has 0 aliphatic heterocycles. The zero-order valence-corrected chi connectivity index (χ0v) is 11.5. The smallest absolute Gasteiger partial charge is 0.277 e. The van der Waals surface area contributed by atoms with Crippen molar-refractivity contribution in [1.82, 2.24) is 4.98 Å². The van der Waals surface area contributed by atoms with Gasteiger partial charge >= 0.3 is 0 Å². The molecular formula is C15H20N4O2. The summed E-state index contributed by atoms with van der Waals surface area (Å²) in [4.78, 5) is 25.6. The summed E-state index contributed by atoms with van der Waals surface area (Å²) in [6.45, 7) is 1.17. The van der Waals surface area contributed by atoms with Crippen molar-refractivity contribution in [2.75, 3.05) is 11.1 Å². The molecule has 0 aliphatic carbocycles. The average molecular weight is 288 g/mol. The van der Waals surface area contributed by atoms with Crippen LogP contribution in [0.2, 0.25) is 0 Å². The molecule has 6 nitrogen and oxygen atoms in total. The van der Waals surface area contributed by atoms with Crippen molar-refractivity contribution in [2.24, 2.45) is 0 Å². The molecule has 2 rings (SSSR count). The summed E-state index contributed by atoms with van der Waals surface area (Å²) in [5.74, 6) is -1.28. The Morgan fingerprint density at radius 2 is 1.86 bits per heavy atom. The third kappa shape index (κ3) is 6.11. The zero-order valence-electron chi connectivity index (χ0n) is 11.5. The van der Waals surface area contributed by atoms with Crippen LogP contribution in [0.15, 0.2) is 54.9 Å². The van der Waals surface area contributed by atoms with E-state index in [1.54, 1.807) is 18.3 Å². The van der Waals surface area contributed by atoms with E-state index < -0.39 is 17.4 Å². The standard InChI is InChI=1S/C9H9N3O2.C6H7N.2H2/c1-6(13)8(10)9(14)12-7-3-2-4-11-5-7;7-6-4-2-1-3-5-6;;/h2-5,10H,1H3,(H,12,14);1-5H,7H2;2*1H.